The van der Waals surface area contributed by atoms with Crippen molar-refractivity contribution < 1.29 is 4.74 Å². The Hall–Kier alpha value is -1.02. The molecule has 1 aromatic rings. The molecule has 1 unspecified atom stereocenters. The van der Waals surface area contributed by atoms with Crippen molar-refractivity contribution in [2.75, 3.05) is 6.54 Å². The first-order chi connectivity index (χ1) is 9.73. The van der Waals surface area contributed by atoms with Crippen molar-refractivity contribution in [1.29, 1.82) is 0 Å². The molecule has 21 heavy (non-hydrogen) atoms. The van der Waals surface area contributed by atoms with E-state index >= 15 is 0 Å². The average molecular weight is 289 g/mol. The Morgan fingerprint density at radius 3 is 2.14 bits per heavy atom. The molecule has 2 heteroatoms. The summed E-state index contributed by atoms with van der Waals surface area (Å²) in [5.41, 5.74) is 2.01. The van der Waals surface area contributed by atoms with Crippen LogP contribution in [0.5, 0.6) is 5.75 Å². The smallest absolute Gasteiger partial charge is 0.124 e. The monoisotopic (exact) mass is 289 g/mol. The summed E-state index contributed by atoms with van der Waals surface area (Å²) in [6.45, 7) is 16.9. The van der Waals surface area contributed by atoms with Crippen LogP contribution in [0.25, 0.3) is 0 Å². The Morgan fingerprint density at radius 2 is 1.67 bits per heavy atom. The van der Waals surface area contributed by atoms with Crippen LogP contribution in [0.1, 0.15) is 60.1 Å². The van der Waals surface area contributed by atoms with Gasteiger partial charge in [-0.15, -0.1) is 0 Å². The molecule has 2 nitrogen and oxygen atoms in total. The highest BCUT2D eigenvalue weighted by molar-refractivity contribution is 5.39. The number of ether oxygens (including phenoxy) is 1. The first kappa shape index (κ1) is 16.4. The Bertz CT molecular complexity index is 476. The maximum atomic E-state index is 6.05. The number of nitrogens with one attached hydrogen (secondary N) is 1. The van der Waals surface area contributed by atoms with E-state index in [1.54, 1.807) is 0 Å². The van der Waals surface area contributed by atoms with E-state index in [0.717, 1.165) is 12.3 Å². The summed E-state index contributed by atoms with van der Waals surface area (Å²) < 4.78 is 6.05. The van der Waals surface area contributed by atoms with Gasteiger partial charge in [0.2, 0.25) is 0 Å². The summed E-state index contributed by atoms with van der Waals surface area (Å²) in [5.74, 6) is 1.65. The maximum absolute atomic E-state index is 6.05. The van der Waals surface area contributed by atoms with Gasteiger partial charge in [0.05, 0.1) is 6.10 Å². The molecule has 118 valence electrons. The third-order valence-corrected chi connectivity index (χ3v) is 5.51. The minimum Gasteiger partial charge on any atom is -0.491 e. The molecule has 1 N–H and O–H groups in total. The summed E-state index contributed by atoms with van der Waals surface area (Å²) in [7, 11) is 0. The molecule has 1 atom stereocenters. The molecule has 1 fully saturated rings. The van der Waals surface area contributed by atoms with Gasteiger partial charge in [-0.05, 0) is 43.2 Å². The fourth-order valence-corrected chi connectivity index (χ4v) is 3.81. The van der Waals surface area contributed by atoms with E-state index in [2.05, 4.69) is 78.0 Å². The van der Waals surface area contributed by atoms with Crippen molar-refractivity contribution in [3.05, 3.63) is 29.8 Å². The Labute approximate surface area is 130 Å². The number of benzene rings is 1. The molecule has 0 heterocycles. The van der Waals surface area contributed by atoms with Gasteiger partial charge >= 0.3 is 0 Å². The van der Waals surface area contributed by atoms with Gasteiger partial charge in [-0.2, -0.15) is 0 Å². The van der Waals surface area contributed by atoms with E-state index in [0.29, 0.717) is 22.8 Å². The van der Waals surface area contributed by atoms with Gasteiger partial charge in [-0.3, -0.25) is 0 Å². The summed E-state index contributed by atoms with van der Waals surface area (Å²) in [6.07, 6.45) is 0.202. The molecular weight excluding hydrogens is 258 g/mol. The molecule has 0 bridgehead atoms. The van der Waals surface area contributed by atoms with Crippen LogP contribution in [0.2, 0.25) is 0 Å². The molecule has 1 aliphatic rings. The molecule has 0 radical (unpaired) electrons. The molecule has 0 aliphatic heterocycles. The van der Waals surface area contributed by atoms with Gasteiger partial charge in [0.25, 0.3) is 0 Å². The Balaban J connectivity index is 2.36. The molecule has 1 aromatic carbocycles. The fraction of sp³-hybridized carbons (Fsp3) is 0.684. The zero-order valence-corrected chi connectivity index (χ0v) is 14.7. The van der Waals surface area contributed by atoms with Crippen LogP contribution in [-0.4, -0.2) is 12.6 Å². The first-order valence-corrected chi connectivity index (χ1v) is 8.22. The van der Waals surface area contributed by atoms with Crippen molar-refractivity contribution in [2.24, 2.45) is 16.7 Å². The first-order valence-electron chi connectivity index (χ1n) is 8.22. The number of hydrogen-bond donors (Lipinski definition) is 1. The van der Waals surface area contributed by atoms with Crippen LogP contribution in [0.4, 0.5) is 0 Å². The zero-order valence-electron chi connectivity index (χ0n) is 14.7. The van der Waals surface area contributed by atoms with Gasteiger partial charge in [-0.25, -0.2) is 0 Å². The largest absolute Gasteiger partial charge is 0.491 e. The molecule has 2 rings (SSSR count). The van der Waals surface area contributed by atoms with Crippen LogP contribution in [-0.2, 0) is 0 Å². The van der Waals surface area contributed by atoms with Crippen LogP contribution < -0.4 is 10.1 Å². The summed E-state index contributed by atoms with van der Waals surface area (Å²) in [6, 6.07) is 8.86. The number of rotatable bonds is 6. The summed E-state index contributed by atoms with van der Waals surface area (Å²) in [5, 5.41) is 3.71. The lowest BCUT2D eigenvalue weighted by Gasteiger charge is -2.24. The van der Waals surface area contributed by atoms with Gasteiger partial charge in [0.1, 0.15) is 5.75 Å². The van der Waals surface area contributed by atoms with E-state index in [1.165, 1.54) is 5.56 Å². The third-order valence-electron chi connectivity index (χ3n) is 5.51. The van der Waals surface area contributed by atoms with E-state index in [4.69, 9.17) is 4.74 Å². The van der Waals surface area contributed by atoms with Crippen LogP contribution in [0.3, 0.4) is 0 Å². The van der Waals surface area contributed by atoms with E-state index in [-0.39, 0.29) is 6.10 Å². The predicted molar refractivity (Wildman–Crippen MR) is 89.7 cm³/mol. The highest BCUT2D eigenvalue weighted by Crippen LogP contribution is 2.72. The molecule has 1 aliphatic carbocycles. The molecule has 0 saturated heterocycles. The van der Waals surface area contributed by atoms with Gasteiger partial charge in [-0.1, -0.05) is 52.8 Å². The topological polar surface area (TPSA) is 21.3 Å². The second-order valence-corrected chi connectivity index (χ2v) is 7.66. The minimum atomic E-state index is 0.202. The number of hydrogen-bond acceptors (Lipinski definition) is 2. The predicted octanol–water partition coefficient (Wildman–Crippen LogP) is 4.81. The Morgan fingerprint density at radius 1 is 1.10 bits per heavy atom. The Kier molecular flexibility index (Phi) is 4.39. The van der Waals surface area contributed by atoms with Crippen LogP contribution >= 0.6 is 0 Å². The lowest BCUT2D eigenvalue weighted by molar-refractivity contribution is 0.235. The minimum absolute atomic E-state index is 0.202. The second kappa shape index (κ2) is 5.64. The van der Waals surface area contributed by atoms with Crippen molar-refractivity contribution in [1.82, 2.24) is 5.32 Å². The quantitative estimate of drug-likeness (QED) is 0.811. The molecule has 0 amide bonds. The second-order valence-electron chi connectivity index (χ2n) is 7.66. The standard InChI is InChI=1S/C19H31NO/c1-8-20-16(17-18(4,5)19(17,6)7)14-11-9-10-12-15(14)21-13(2)3/h9-13,16-17,20H,8H2,1-7H3. The summed E-state index contributed by atoms with van der Waals surface area (Å²) >= 11 is 0. The molecule has 0 spiro atoms. The molecular formula is C19H31NO. The third kappa shape index (κ3) is 2.83. The van der Waals surface area contributed by atoms with Crippen LogP contribution in [0, 0.1) is 16.7 Å². The van der Waals surface area contributed by atoms with Crippen molar-refractivity contribution in [3.8, 4) is 5.75 Å². The maximum Gasteiger partial charge on any atom is 0.124 e. The average Bonchev–Trinajstić information content (AvgIpc) is 2.77. The van der Waals surface area contributed by atoms with Crippen molar-refractivity contribution in [3.63, 3.8) is 0 Å². The van der Waals surface area contributed by atoms with E-state index in [9.17, 15) is 0 Å². The van der Waals surface area contributed by atoms with Crippen molar-refractivity contribution >= 4 is 0 Å². The SMILES string of the molecule is CCNC(c1ccccc1OC(C)C)C1C(C)(C)C1(C)C. The molecule has 0 aromatic heterocycles. The fourth-order valence-electron chi connectivity index (χ4n) is 3.81. The normalized spacial score (nSPS) is 21.3. The molecule has 1 saturated carbocycles. The lowest BCUT2D eigenvalue weighted by atomic mass is 9.95. The lowest BCUT2D eigenvalue weighted by Crippen LogP contribution is -2.26. The van der Waals surface area contributed by atoms with Gasteiger partial charge in [0, 0.05) is 11.6 Å². The highest BCUT2D eigenvalue weighted by Gasteiger charge is 2.67. The van der Waals surface area contributed by atoms with Gasteiger partial charge in [0.15, 0.2) is 0 Å². The van der Waals surface area contributed by atoms with E-state index < -0.39 is 0 Å². The van der Waals surface area contributed by atoms with Crippen molar-refractivity contribution in [2.45, 2.75) is 60.6 Å². The van der Waals surface area contributed by atoms with Gasteiger partial charge < -0.3 is 10.1 Å². The van der Waals surface area contributed by atoms with E-state index in [1.807, 2.05) is 0 Å². The highest BCUT2D eigenvalue weighted by atomic mass is 16.5. The van der Waals surface area contributed by atoms with Crippen LogP contribution in [0.15, 0.2) is 24.3 Å². The zero-order chi connectivity index (χ0) is 15.8. The summed E-state index contributed by atoms with van der Waals surface area (Å²) in [4.78, 5) is 0. The number of para-hydroxylation sites is 1.